The van der Waals surface area contributed by atoms with E-state index in [1.165, 1.54) is 12.8 Å². The minimum Gasteiger partial charge on any atom is -0.462 e. The van der Waals surface area contributed by atoms with Gasteiger partial charge in [-0.1, -0.05) is 107 Å². The highest BCUT2D eigenvalue weighted by molar-refractivity contribution is 7.46. The molecule has 4 N–H and O–H groups in total. The molecule has 0 aliphatic rings. The van der Waals surface area contributed by atoms with Gasteiger partial charge in [0.15, 0.2) is 6.10 Å². The lowest BCUT2D eigenvalue weighted by Gasteiger charge is -2.19. The van der Waals surface area contributed by atoms with E-state index in [2.05, 4.69) is 60.9 Å². The van der Waals surface area contributed by atoms with Gasteiger partial charge in [-0.15, -0.1) is 0 Å². The standard InChI is InChI=1S/C37H63O10P/c1-3-5-7-9-11-13-15-17-18-20-22-24-27-34(38)35(39)28-26-30-36(40)45-31-33(32-46-48(42,43)44)47-37(41)29-25-23-21-19-16-14-12-10-8-6-4-2/h5,7,10-13,17-18,22,24,33-35,38-39H,3-4,6,8-9,14-16,19-21,23,25-32H2,1-2H3,(H2,42,43,44)/b7-5-,12-10-,13-11-,18-17-,24-22-/t33-,34+,35+/m1/s1. The van der Waals surface area contributed by atoms with Crippen molar-refractivity contribution in [1.29, 1.82) is 0 Å². The van der Waals surface area contributed by atoms with E-state index in [-0.39, 0.29) is 32.1 Å². The number of aliphatic hydroxyl groups is 2. The molecule has 0 bridgehead atoms. The summed E-state index contributed by atoms with van der Waals surface area (Å²) in [6.45, 7) is 3.23. The lowest BCUT2D eigenvalue weighted by Crippen LogP contribution is -2.29. The Bertz CT molecular complexity index is 998. The minimum atomic E-state index is -4.82. The molecule has 0 rings (SSSR count). The number of unbranched alkanes of at least 4 members (excludes halogenated alkanes) is 7. The first-order valence-electron chi connectivity index (χ1n) is 17.7. The Morgan fingerprint density at radius 3 is 1.83 bits per heavy atom. The van der Waals surface area contributed by atoms with Gasteiger partial charge in [0.05, 0.1) is 18.8 Å². The maximum atomic E-state index is 12.3. The van der Waals surface area contributed by atoms with Crippen LogP contribution in [0.4, 0.5) is 0 Å². The molecule has 48 heavy (non-hydrogen) atoms. The van der Waals surface area contributed by atoms with E-state index in [9.17, 15) is 24.4 Å². The number of allylic oxidation sites excluding steroid dienone is 9. The molecule has 3 atom stereocenters. The van der Waals surface area contributed by atoms with Crippen molar-refractivity contribution >= 4 is 19.8 Å². The lowest BCUT2D eigenvalue weighted by molar-refractivity contribution is -0.161. The zero-order valence-electron chi connectivity index (χ0n) is 29.3. The Balaban J connectivity index is 4.29. The van der Waals surface area contributed by atoms with E-state index in [4.69, 9.17) is 19.3 Å². The zero-order valence-corrected chi connectivity index (χ0v) is 30.2. The fourth-order valence-corrected chi connectivity index (χ4v) is 4.80. The molecule has 0 radical (unpaired) electrons. The van der Waals surface area contributed by atoms with Crippen LogP contribution < -0.4 is 0 Å². The molecule has 0 saturated heterocycles. The Morgan fingerprint density at radius 2 is 1.21 bits per heavy atom. The predicted molar refractivity (Wildman–Crippen MR) is 191 cm³/mol. The highest BCUT2D eigenvalue weighted by Crippen LogP contribution is 2.36. The molecule has 0 aromatic carbocycles. The average molecular weight is 699 g/mol. The molecule has 0 aliphatic carbocycles. The fraction of sp³-hybridized carbons (Fsp3) is 0.676. The number of hydrogen-bond donors (Lipinski definition) is 4. The van der Waals surface area contributed by atoms with Crippen molar-refractivity contribution in [3.05, 3.63) is 60.8 Å². The average Bonchev–Trinajstić information content (AvgIpc) is 3.04. The van der Waals surface area contributed by atoms with E-state index in [1.54, 1.807) is 0 Å². The van der Waals surface area contributed by atoms with Crippen molar-refractivity contribution in [3.63, 3.8) is 0 Å². The molecule has 0 saturated carbocycles. The summed E-state index contributed by atoms with van der Waals surface area (Å²) >= 11 is 0. The molecular formula is C37H63O10P. The molecule has 10 nitrogen and oxygen atoms in total. The number of ether oxygens (including phenoxy) is 2. The van der Waals surface area contributed by atoms with Crippen LogP contribution in [-0.4, -0.2) is 63.5 Å². The van der Waals surface area contributed by atoms with E-state index in [0.29, 0.717) is 6.42 Å². The summed E-state index contributed by atoms with van der Waals surface area (Å²) in [5.41, 5.74) is 0. The normalized spacial score (nSPS) is 14.5. The van der Waals surface area contributed by atoms with Gasteiger partial charge in [0.25, 0.3) is 0 Å². The van der Waals surface area contributed by atoms with Gasteiger partial charge >= 0.3 is 19.8 Å². The Morgan fingerprint density at radius 1 is 0.646 bits per heavy atom. The fourth-order valence-electron chi connectivity index (χ4n) is 4.44. The monoisotopic (exact) mass is 698 g/mol. The summed E-state index contributed by atoms with van der Waals surface area (Å²) in [5.74, 6) is -1.19. The third kappa shape index (κ3) is 32.2. The molecule has 0 amide bonds. The first kappa shape index (κ1) is 45.7. The second-order valence-corrected chi connectivity index (χ2v) is 13.0. The third-order valence-corrected chi connectivity index (χ3v) is 7.71. The number of phosphoric acid groups is 1. The van der Waals surface area contributed by atoms with Gasteiger partial charge in [0.1, 0.15) is 6.61 Å². The number of aliphatic hydroxyl groups excluding tert-OH is 2. The van der Waals surface area contributed by atoms with Crippen LogP contribution in [0, 0.1) is 0 Å². The van der Waals surface area contributed by atoms with Crippen LogP contribution in [0.2, 0.25) is 0 Å². The van der Waals surface area contributed by atoms with E-state index in [1.807, 2.05) is 18.2 Å². The highest BCUT2D eigenvalue weighted by atomic mass is 31.2. The molecule has 11 heteroatoms. The maximum Gasteiger partial charge on any atom is 0.469 e. The van der Waals surface area contributed by atoms with Gasteiger partial charge in [-0.3, -0.25) is 14.1 Å². The SMILES string of the molecule is CC/C=C\C/C=C\C/C=C\C/C=C\C[C@H](O)[C@@H](O)CCCC(=O)OC[C@H](COP(=O)(O)O)OC(=O)CCCCCCC/C=C\CCCC. The first-order chi connectivity index (χ1) is 23.1. The Labute approximate surface area is 289 Å². The van der Waals surface area contributed by atoms with E-state index >= 15 is 0 Å². The summed E-state index contributed by atoms with van der Waals surface area (Å²) in [5, 5.41) is 20.4. The second-order valence-electron chi connectivity index (χ2n) is 11.8. The lowest BCUT2D eigenvalue weighted by atomic mass is 10.0. The van der Waals surface area contributed by atoms with Crippen LogP contribution in [0.5, 0.6) is 0 Å². The van der Waals surface area contributed by atoms with Gasteiger partial charge in [-0.05, 0) is 70.6 Å². The largest absolute Gasteiger partial charge is 0.469 e. The molecular weight excluding hydrogens is 635 g/mol. The van der Waals surface area contributed by atoms with Crippen molar-refractivity contribution in [2.75, 3.05) is 13.2 Å². The van der Waals surface area contributed by atoms with Crippen LogP contribution in [0.15, 0.2) is 60.8 Å². The van der Waals surface area contributed by atoms with Crippen LogP contribution in [0.1, 0.15) is 129 Å². The topological polar surface area (TPSA) is 160 Å². The molecule has 0 fully saturated rings. The van der Waals surface area contributed by atoms with E-state index < -0.39 is 51.3 Å². The molecule has 0 aromatic rings. The summed E-state index contributed by atoms with van der Waals surface area (Å²) < 4.78 is 26.1. The maximum absolute atomic E-state index is 12.3. The molecule has 0 heterocycles. The van der Waals surface area contributed by atoms with Gasteiger partial charge in [0.2, 0.25) is 0 Å². The number of rotatable bonds is 31. The predicted octanol–water partition coefficient (Wildman–Crippen LogP) is 8.12. The van der Waals surface area contributed by atoms with Crippen molar-refractivity contribution in [2.24, 2.45) is 0 Å². The zero-order chi connectivity index (χ0) is 35.7. The number of carbonyl (C=O) groups is 2. The van der Waals surface area contributed by atoms with Gasteiger partial charge < -0.3 is 29.5 Å². The third-order valence-electron chi connectivity index (χ3n) is 7.22. The second kappa shape index (κ2) is 31.9. The van der Waals surface area contributed by atoms with Crippen molar-refractivity contribution in [2.45, 2.75) is 148 Å². The van der Waals surface area contributed by atoms with Crippen molar-refractivity contribution in [3.8, 4) is 0 Å². The number of hydrogen-bond acceptors (Lipinski definition) is 8. The van der Waals surface area contributed by atoms with Crippen LogP contribution >= 0.6 is 7.82 Å². The first-order valence-corrected chi connectivity index (χ1v) is 19.3. The van der Waals surface area contributed by atoms with Gasteiger partial charge in [0, 0.05) is 12.8 Å². The molecule has 0 spiro atoms. The smallest absolute Gasteiger partial charge is 0.462 e. The molecule has 0 aliphatic heterocycles. The Hall–Kier alpha value is -2.33. The summed E-state index contributed by atoms with van der Waals surface area (Å²) in [6.07, 6.45) is 31.3. The minimum absolute atomic E-state index is 0.0533. The number of phosphoric ester groups is 1. The molecule has 276 valence electrons. The van der Waals surface area contributed by atoms with Crippen LogP contribution in [0.3, 0.4) is 0 Å². The quantitative estimate of drug-likeness (QED) is 0.0241. The van der Waals surface area contributed by atoms with Crippen LogP contribution in [0.25, 0.3) is 0 Å². The van der Waals surface area contributed by atoms with Crippen molar-refractivity contribution < 1.29 is 48.2 Å². The number of esters is 2. The van der Waals surface area contributed by atoms with Gasteiger partial charge in [-0.25, -0.2) is 4.57 Å². The molecule has 0 aromatic heterocycles. The number of carbonyl (C=O) groups excluding carboxylic acids is 2. The summed E-state index contributed by atoms with van der Waals surface area (Å²) in [6, 6.07) is 0. The highest BCUT2D eigenvalue weighted by Gasteiger charge is 2.23. The van der Waals surface area contributed by atoms with Crippen molar-refractivity contribution in [1.82, 2.24) is 0 Å². The Kier molecular flexibility index (Phi) is 30.4. The molecule has 0 unspecified atom stereocenters. The summed E-state index contributed by atoms with van der Waals surface area (Å²) in [7, 11) is -4.82. The van der Waals surface area contributed by atoms with Gasteiger partial charge in [-0.2, -0.15) is 0 Å². The summed E-state index contributed by atoms with van der Waals surface area (Å²) in [4.78, 5) is 42.6. The van der Waals surface area contributed by atoms with Crippen LogP contribution in [-0.2, 0) is 28.2 Å². The van der Waals surface area contributed by atoms with E-state index in [0.717, 1.165) is 64.2 Å².